The smallest absolute Gasteiger partial charge is 0.307 e. The Hall–Kier alpha value is -1.10. The molecule has 0 saturated heterocycles. The number of carboxylic acids is 1. The van der Waals surface area contributed by atoms with Crippen molar-refractivity contribution >= 4 is 11.9 Å². The molecule has 0 rings (SSSR count). The third-order valence-corrected chi connectivity index (χ3v) is 2.61. The van der Waals surface area contributed by atoms with Gasteiger partial charge >= 0.3 is 5.97 Å². The second-order valence-corrected chi connectivity index (χ2v) is 3.90. The first kappa shape index (κ1) is 14.9. The Kier molecular flexibility index (Phi) is 6.72. The monoisotopic (exact) mass is 230 g/mol. The van der Waals surface area contributed by atoms with Gasteiger partial charge in [0.2, 0.25) is 5.91 Å². The number of nitrogens with one attached hydrogen (secondary N) is 1. The summed E-state index contributed by atoms with van der Waals surface area (Å²) in [6.07, 6.45) is 0. The number of amides is 1. The molecule has 0 aromatic heterocycles. The number of carbonyl (C=O) groups excluding carboxylic acids is 1. The molecule has 0 saturated carbocycles. The van der Waals surface area contributed by atoms with E-state index in [-0.39, 0.29) is 11.9 Å². The van der Waals surface area contributed by atoms with Crippen molar-refractivity contribution in [2.45, 2.75) is 33.7 Å². The van der Waals surface area contributed by atoms with E-state index in [4.69, 9.17) is 5.11 Å². The summed E-state index contributed by atoms with van der Waals surface area (Å²) >= 11 is 0. The number of aliphatic carboxylic acids is 1. The number of hydrogen-bond acceptors (Lipinski definition) is 3. The average molecular weight is 230 g/mol. The lowest BCUT2D eigenvalue weighted by Gasteiger charge is -2.28. The van der Waals surface area contributed by atoms with Crippen LogP contribution in [0.2, 0.25) is 0 Å². The fourth-order valence-electron chi connectivity index (χ4n) is 1.48. The van der Waals surface area contributed by atoms with Gasteiger partial charge < -0.3 is 10.4 Å². The minimum atomic E-state index is -0.832. The topological polar surface area (TPSA) is 69.6 Å². The van der Waals surface area contributed by atoms with Crippen molar-refractivity contribution in [1.29, 1.82) is 0 Å². The van der Waals surface area contributed by atoms with Gasteiger partial charge in [-0.25, -0.2) is 0 Å². The van der Waals surface area contributed by atoms with E-state index in [1.54, 1.807) is 13.8 Å². The molecule has 2 atom stereocenters. The summed E-state index contributed by atoms with van der Waals surface area (Å²) in [5, 5.41) is 11.6. The number of carbonyl (C=O) groups is 2. The first-order chi connectivity index (χ1) is 7.43. The standard InChI is InChI=1S/C11H22N2O3/c1-5-12-10(14)9(4)13(6-2)7-8(3)11(15)16/h8-9H,5-7H2,1-4H3,(H,12,14)(H,15,16). The van der Waals surface area contributed by atoms with E-state index in [1.807, 2.05) is 18.7 Å². The Labute approximate surface area is 96.8 Å². The van der Waals surface area contributed by atoms with Gasteiger partial charge in [0, 0.05) is 13.1 Å². The molecule has 2 unspecified atom stereocenters. The van der Waals surface area contributed by atoms with Gasteiger partial charge in [0.05, 0.1) is 12.0 Å². The fourth-order valence-corrected chi connectivity index (χ4v) is 1.48. The molecule has 0 aliphatic rings. The third kappa shape index (κ3) is 4.61. The largest absolute Gasteiger partial charge is 0.481 e. The summed E-state index contributed by atoms with van der Waals surface area (Å²) in [5.41, 5.74) is 0. The van der Waals surface area contributed by atoms with Crippen molar-refractivity contribution in [2.75, 3.05) is 19.6 Å². The van der Waals surface area contributed by atoms with E-state index in [9.17, 15) is 9.59 Å². The lowest BCUT2D eigenvalue weighted by molar-refractivity contribution is -0.142. The minimum absolute atomic E-state index is 0.0538. The molecule has 94 valence electrons. The highest BCUT2D eigenvalue weighted by molar-refractivity contribution is 5.81. The van der Waals surface area contributed by atoms with Gasteiger partial charge in [0.15, 0.2) is 0 Å². The lowest BCUT2D eigenvalue weighted by atomic mass is 10.1. The van der Waals surface area contributed by atoms with Crippen LogP contribution in [-0.2, 0) is 9.59 Å². The molecule has 1 amide bonds. The fraction of sp³-hybridized carbons (Fsp3) is 0.818. The molecule has 5 nitrogen and oxygen atoms in total. The highest BCUT2D eigenvalue weighted by Gasteiger charge is 2.23. The second-order valence-electron chi connectivity index (χ2n) is 3.90. The van der Waals surface area contributed by atoms with E-state index in [2.05, 4.69) is 5.32 Å². The van der Waals surface area contributed by atoms with Gasteiger partial charge in [-0.2, -0.15) is 0 Å². The van der Waals surface area contributed by atoms with Crippen LogP contribution in [0.15, 0.2) is 0 Å². The van der Waals surface area contributed by atoms with E-state index in [1.165, 1.54) is 0 Å². The zero-order chi connectivity index (χ0) is 12.7. The molecule has 0 fully saturated rings. The molecule has 0 heterocycles. The van der Waals surface area contributed by atoms with Gasteiger partial charge in [-0.1, -0.05) is 13.8 Å². The van der Waals surface area contributed by atoms with Gasteiger partial charge in [-0.3, -0.25) is 14.5 Å². The zero-order valence-corrected chi connectivity index (χ0v) is 10.5. The van der Waals surface area contributed by atoms with Crippen molar-refractivity contribution in [3.8, 4) is 0 Å². The maximum atomic E-state index is 11.6. The molecule has 0 aliphatic heterocycles. The van der Waals surface area contributed by atoms with E-state index in [0.717, 1.165) is 0 Å². The number of likely N-dealkylation sites (N-methyl/N-ethyl adjacent to an activating group) is 2. The van der Waals surface area contributed by atoms with Gasteiger partial charge in [0.1, 0.15) is 0 Å². The quantitative estimate of drug-likeness (QED) is 0.670. The van der Waals surface area contributed by atoms with Crippen LogP contribution in [0.5, 0.6) is 0 Å². The Morgan fingerprint density at radius 1 is 1.31 bits per heavy atom. The Balaban J connectivity index is 4.37. The molecule has 5 heteroatoms. The Bertz CT molecular complexity index is 243. The van der Waals surface area contributed by atoms with Crippen molar-refractivity contribution < 1.29 is 14.7 Å². The van der Waals surface area contributed by atoms with Gasteiger partial charge in [-0.05, 0) is 20.4 Å². The van der Waals surface area contributed by atoms with Crippen LogP contribution in [0, 0.1) is 5.92 Å². The molecule has 0 radical (unpaired) electrons. The summed E-state index contributed by atoms with van der Waals surface area (Å²) in [6.45, 7) is 8.87. The molecular weight excluding hydrogens is 208 g/mol. The molecule has 0 bridgehead atoms. The van der Waals surface area contributed by atoms with Crippen molar-refractivity contribution in [2.24, 2.45) is 5.92 Å². The van der Waals surface area contributed by atoms with Crippen LogP contribution in [0.25, 0.3) is 0 Å². The van der Waals surface area contributed by atoms with Crippen LogP contribution in [0.4, 0.5) is 0 Å². The highest BCUT2D eigenvalue weighted by Crippen LogP contribution is 2.05. The van der Waals surface area contributed by atoms with Crippen molar-refractivity contribution in [3.63, 3.8) is 0 Å². The predicted octanol–water partition coefficient (Wildman–Crippen LogP) is 0.554. The third-order valence-electron chi connectivity index (χ3n) is 2.61. The Morgan fingerprint density at radius 3 is 2.25 bits per heavy atom. The van der Waals surface area contributed by atoms with E-state index in [0.29, 0.717) is 19.6 Å². The SMILES string of the molecule is CCNC(=O)C(C)N(CC)CC(C)C(=O)O. The van der Waals surface area contributed by atoms with Crippen LogP contribution in [0.3, 0.4) is 0 Å². The minimum Gasteiger partial charge on any atom is -0.481 e. The maximum absolute atomic E-state index is 11.6. The average Bonchev–Trinajstić information content (AvgIpc) is 2.24. The maximum Gasteiger partial charge on any atom is 0.307 e. The molecule has 0 aromatic rings. The number of hydrogen-bond donors (Lipinski definition) is 2. The summed E-state index contributed by atoms with van der Waals surface area (Å²) in [5.74, 6) is -1.35. The van der Waals surface area contributed by atoms with E-state index >= 15 is 0 Å². The zero-order valence-electron chi connectivity index (χ0n) is 10.5. The number of carboxylic acid groups (broad SMARTS) is 1. The van der Waals surface area contributed by atoms with Crippen LogP contribution >= 0.6 is 0 Å². The molecular formula is C11H22N2O3. The highest BCUT2D eigenvalue weighted by atomic mass is 16.4. The first-order valence-corrected chi connectivity index (χ1v) is 5.68. The Morgan fingerprint density at radius 2 is 1.88 bits per heavy atom. The molecule has 0 aliphatic carbocycles. The molecule has 2 N–H and O–H groups in total. The normalized spacial score (nSPS) is 14.6. The second kappa shape index (κ2) is 7.22. The van der Waals surface area contributed by atoms with E-state index < -0.39 is 11.9 Å². The molecule has 16 heavy (non-hydrogen) atoms. The summed E-state index contributed by atoms with van der Waals surface area (Å²) in [7, 11) is 0. The summed E-state index contributed by atoms with van der Waals surface area (Å²) in [4.78, 5) is 24.2. The van der Waals surface area contributed by atoms with Crippen molar-refractivity contribution in [1.82, 2.24) is 10.2 Å². The lowest BCUT2D eigenvalue weighted by Crippen LogP contribution is -2.47. The van der Waals surface area contributed by atoms with Crippen LogP contribution in [0.1, 0.15) is 27.7 Å². The predicted molar refractivity (Wildman–Crippen MR) is 62.2 cm³/mol. The van der Waals surface area contributed by atoms with Crippen LogP contribution < -0.4 is 5.32 Å². The van der Waals surface area contributed by atoms with Crippen LogP contribution in [-0.4, -0.2) is 47.6 Å². The van der Waals surface area contributed by atoms with Gasteiger partial charge in [0.25, 0.3) is 0 Å². The molecule has 0 aromatic carbocycles. The summed E-state index contributed by atoms with van der Waals surface area (Å²) in [6, 6.07) is -0.285. The first-order valence-electron chi connectivity index (χ1n) is 5.68. The number of nitrogens with zero attached hydrogens (tertiary/aromatic N) is 1. The summed E-state index contributed by atoms with van der Waals surface area (Å²) < 4.78 is 0. The van der Waals surface area contributed by atoms with Gasteiger partial charge in [-0.15, -0.1) is 0 Å². The van der Waals surface area contributed by atoms with Crippen molar-refractivity contribution in [3.05, 3.63) is 0 Å². The molecule has 0 spiro atoms. The number of rotatable bonds is 7.